The molecular formula is C19H22O4. The molecule has 0 unspecified atom stereocenters. The van der Waals surface area contributed by atoms with Gasteiger partial charge < -0.3 is 9.84 Å². The second-order valence-corrected chi connectivity index (χ2v) is 5.78. The van der Waals surface area contributed by atoms with Gasteiger partial charge >= 0.3 is 11.9 Å². The lowest BCUT2D eigenvalue weighted by molar-refractivity contribution is -0.150. The van der Waals surface area contributed by atoms with Gasteiger partial charge in [-0.25, -0.2) is 0 Å². The van der Waals surface area contributed by atoms with Crippen molar-refractivity contribution in [2.45, 2.75) is 39.2 Å². The molecule has 0 aliphatic heterocycles. The molecule has 0 saturated carbocycles. The monoisotopic (exact) mass is 314 g/mol. The van der Waals surface area contributed by atoms with Gasteiger partial charge in [-0.3, -0.25) is 9.59 Å². The van der Waals surface area contributed by atoms with Crippen molar-refractivity contribution in [2.24, 2.45) is 5.92 Å². The van der Waals surface area contributed by atoms with E-state index in [-0.39, 0.29) is 30.8 Å². The molecule has 0 aliphatic rings. The van der Waals surface area contributed by atoms with E-state index in [4.69, 9.17) is 9.84 Å². The summed E-state index contributed by atoms with van der Waals surface area (Å²) in [6.07, 6.45) is 0.409. The predicted molar refractivity (Wildman–Crippen MR) is 89.1 cm³/mol. The van der Waals surface area contributed by atoms with Crippen molar-refractivity contribution in [2.75, 3.05) is 0 Å². The van der Waals surface area contributed by atoms with Crippen LogP contribution in [0.25, 0.3) is 10.8 Å². The number of hydrogen-bond donors (Lipinski definition) is 1. The van der Waals surface area contributed by atoms with Gasteiger partial charge in [-0.05, 0) is 29.2 Å². The number of carboxylic acid groups (broad SMARTS) is 1. The number of hydrogen-bond acceptors (Lipinski definition) is 3. The van der Waals surface area contributed by atoms with Crippen molar-refractivity contribution >= 4 is 22.7 Å². The van der Waals surface area contributed by atoms with Crippen molar-refractivity contribution in [3.63, 3.8) is 0 Å². The molecule has 0 spiro atoms. The van der Waals surface area contributed by atoms with Crippen LogP contribution >= 0.6 is 0 Å². The first-order valence-corrected chi connectivity index (χ1v) is 7.90. The lowest BCUT2D eigenvalue weighted by atomic mass is 9.98. The summed E-state index contributed by atoms with van der Waals surface area (Å²) in [6, 6.07) is 13.9. The number of carbonyl (C=O) groups excluding carboxylic acids is 1. The Morgan fingerprint density at radius 1 is 1.09 bits per heavy atom. The largest absolute Gasteiger partial charge is 0.481 e. The van der Waals surface area contributed by atoms with Crippen molar-refractivity contribution in [1.82, 2.24) is 0 Å². The Kier molecular flexibility index (Phi) is 5.74. The van der Waals surface area contributed by atoms with Crippen LogP contribution in [0.2, 0.25) is 0 Å². The van der Waals surface area contributed by atoms with Crippen molar-refractivity contribution < 1.29 is 19.4 Å². The van der Waals surface area contributed by atoms with Crippen molar-refractivity contribution in [3.8, 4) is 0 Å². The Morgan fingerprint density at radius 3 is 2.48 bits per heavy atom. The first-order chi connectivity index (χ1) is 11.0. The fraction of sp³-hybridized carbons (Fsp3) is 0.368. The summed E-state index contributed by atoms with van der Waals surface area (Å²) in [5.41, 5.74) is 0.961. The number of esters is 1. The molecule has 0 amide bonds. The molecule has 1 N–H and O–H groups in total. The number of benzene rings is 2. The van der Waals surface area contributed by atoms with Gasteiger partial charge in [0.1, 0.15) is 6.10 Å². The molecule has 0 radical (unpaired) electrons. The Morgan fingerprint density at radius 2 is 1.78 bits per heavy atom. The molecule has 0 heterocycles. The van der Waals surface area contributed by atoms with Gasteiger partial charge in [-0.2, -0.15) is 0 Å². The Bertz CT molecular complexity index is 687. The molecule has 0 bridgehead atoms. The van der Waals surface area contributed by atoms with Crippen LogP contribution in [0, 0.1) is 5.92 Å². The summed E-state index contributed by atoms with van der Waals surface area (Å²) in [4.78, 5) is 22.9. The average molecular weight is 314 g/mol. The summed E-state index contributed by atoms with van der Waals surface area (Å²) in [5, 5.41) is 11.0. The van der Waals surface area contributed by atoms with Crippen LogP contribution in [0.1, 0.15) is 44.8 Å². The highest BCUT2D eigenvalue weighted by Gasteiger charge is 2.19. The third-order valence-electron chi connectivity index (χ3n) is 4.07. The molecule has 23 heavy (non-hydrogen) atoms. The molecule has 2 aromatic carbocycles. The highest BCUT2D eigenvalue weighted by atomic mass is 16.5. The van der Waals surface area contributed by atoms with E-state index in [1.54, 1.807) is 0 Å². The van der Waals surface area contributed by atoms with Crippen LogP contribution in [0.15, 0.2) is 42.5 Å². The maximum absolute atomic E-state index is 12.1. The molecule has 4 nitrogen and oxygen atoms in total. The standard InChI is InChI=1S/C19H22O4/c1-3-14(11-18(20)21)12-19(22)23-13(2)16-10-6-8-15-7-4-5-9-17(15)16/h4-10,13-14H,3,11-12H2,1-2H3,(H,20,21)/t13-,14+/m0/s1. The van der Waals surface area contributed by atoms with Crippen LogP contribution in [-0.4, -0.2) is 17.0 Å². The van der Waals surface area contributed by atoms with Crippen molar-refractivity contribution in [3.05, 3.63) is 48.0 Å². The lowest BCUT2D eigenvalue weighted by Crippen LogP contribution is -2.16. The van der Waals surface area contributed by atoms with E-state index in [1.807, 2.05) is 56.3 Å². The van der Waals surface area contributed by atoms with Crippen LogP contribution < -0.4 is 0 Å². The van der Waals surface area contributed by atoms with Crippen LogP contribution in [-0.2, 0) is 14.3 Å². The van der Waals surface area contributed by atoms with E-state index in [9.17, 15) is 9.59 Å². The topological polar surface area (TPSA) is 63.6 Å². The SMILES string of the molecule is CC[C@H](CC(=O)O)CC(=O)O[C@@H](C)c1cccc2ccccc12. The van der Waals surface area contributed by atoms with Gasteiger partial charge in [0.05, 0.1) is 0 Å². The summed E-state index contributed by atoms with van der Waals surface area (Å²) in [5.74, 6) is -1.41. The number of carbonyl (C=O) groups is 2. The number of rotatable bonds is 7. The fourth-order valence-corrected chi connectivity index (χ4v) is 2.76. The third-order valence-corrected chi connectivity index (χ3v) is 4.07. The van der Waals surface area contributed by atoms with E-state index in [1.165, 1.54) is 0 Å². The summed E-state index contributed by atoms with van der Waals surface area (Å²) >= 11 is 0. The van der Waals surface area contributed by atoms with Gasteiger partial charge in [0.15, 0.2) is 0 Å². The van der Waals surface area contributed by atoms with Gasteiger partial charge in [-0.1, -0.05) is 55.8 Å². The van der Waals surface area contributed by atoms with Crippen molar-refractivity contribution in [1.29, 1.82) is 0 Å². The molecule has 2 atom stereocenters. The molecule has 2 aromatic rings. The maximum atomic E-state index is 12.1. The summed E-state index contributed by atoms with van der Waals surface area (Å²) in [6.45, 7) is 3.73. The highest BCUT2D eigenvalue weighted by molar-refractivity contribution is 5.86. The third kappa shape index (κ3) is 4.55. The Hall–Kier alpha value is -2.36. The van der Waals surface area contributed by atoms with E-state index < -0.39 is 5.97 Å². The first kappa shape index (κ1) is 17.0. The summed E-state index contributed by atoms with van der Waals surface area (Å²) in [7, 11) is 0. The fourth-order valence-electron chi connectivity index (χ4n) is 2.76. The number of fused-ring (bicyclic) bond motifs is 1. The zero-order valence-corrected chi connectivity index (χ0v) is 13.5. The predicted octanol–water partition coefficient (Wildman–Crippen LogP) is 4.34. The first-order valence-electron chi connectivity index (χ1n) is 7.90. The highest BCUT2D eigenvalue weighted by Crippen LogP contribution is 2.27. The second-order valence-electron chi connectivity index (χ2n) is 5.78. The smallest absolute Gasteiger partial charge is 0.306 e. The molecule has 122 valence electrons. The number of ether oxygens (including phenoxy) is 1. The Labute approximate surface area is 136 Å². The minimum atomic E-state index is -0.883. The molecular weight excluding hydrogens is 292 g/mol. The van der Waals surface area contributed by atoms with E-state index >= 15 is 0 Å². The van der Waals surface area contributed by atoms with E-state index in [0.717, 1.165) is 16.3 Å². The van der Waals surface area contributed by atoms with Crippen LogP contribution in [0.4, 0.5) is 0 Å². The maximum Gasteiger partial charge on any atom is 0.306 e. The van der Waals surface area contributed by atoms with E-state index in [0.29, 0.717) is 6.42 Å². The van der Waals surface area contributed by atoms with Gasteiger partial charge in [-0.15, -0.1) is 0 Å². The van der Waals surface area contributed by atoms with Crippen LogP contribution in [0.5, 0.6) is 0 Å². The average Bonchev–Trinajstić information content (AvgIpc) is 2.53. The minimum Gasteiger partial charge on any atom is -0.481 e. The van der Waals surface area contributed by atoms with Crippen LogP contribution in [0.3, 0.4) is 0 Å². The molecule has 0 aliphatic carbocycles. The zero-order chi connectivity index (χ0) is 16.8. The second kappa shape index (κ2) is 7.77. The number of aliphatic carboxylic acids is 1. The molecule has 2 rings (SSSR count). The molecule has 0 aromatic heterocycles. The zero-order valence-electron chi connectivity index (χ0n) is 13.5. The molecule has 0 saturated heterocycles. The minimum absolute atomic E-state index is 0.00571. The van der Waals surface area contributed by atoms with E-state index in [2.05, 4.69) is 0 Å². The number of carboxylic acids is 1. The van der Waals surface area contributed by atoms with Gasteiger partial charge in [0.2, 0.25) is 0 Å². The molecule has 0 fully saturated rings. The molecule has 4 heteroatoms. The van der Waals surface area contributed by atoms with Gasteiger partial charge in [0, 0.05) is 12.8 Å². The van der Waals surface area contributed by atoms with Gasteiger partial charge in [0.25, 0.3) is 0 Å². The normalized spacial score (nSPS) is 13.5. The quantitative estimate of drug-likeness (QED) is 0.772. The Balaban J connectivity index is 2.07. The lowest BCUT2D eigenvalue weighted by Gasteiger charge is -2.18. The summed E-state index contributed by atoms with van der Waals surface area (Å²) < 4.78 is 5.53.